The smallest absolute Gasteiger partial charge is 0.339 e. The summed E-state index contributed by atoms with van der Waals surface area (Å²) in [4.78, 5) is 33.5. The number of hydrogen-bond acceptors (Lipinski definition) is 8. The predicted molar refractivity (Wildman–Crippen MR) is 104 cm³/mol. The third kappa shape index (κ3) is 4.62. The summed E-state index contributed by atoms with van der Waals surface area (Å²) in [5.74, 6) is -1.46. The molecule has 1 aliphatic heterocycles. The van der Waals surface area contributed by atoms with Crippen LogP contribution in [0.4, 0.5) is 5.69 Å². The third-order valence-corrected chi connectivity index (χ3v) is 5.12. The first-order chi connectivity index (χ1) is 13.7. The van der Waals surface area contributed by atoms with E-state index in [1.54, 1.807) is 0 Å². The standard InChI is InChI=1S/C17H11N3O7S2/c21-15-14(16(22)19-17(28)18-15)9-10-2-1-3-12(8-10)27-29(25,26)13-6-4-11(5-7-13)20(23)24/h1-9H,(H2,18,19,21,22,28). The van der Waals surface area contributed by atoms with E-state index in [9.17, 15) is 28.1 Å². The maximum atomic E-state index is 12.4. The van der Waals surface area contributed by atoms with Crippen LogP contribution in [0.5, 0.6) is 5.75 Å². The maximum absolute atomic E-state index is 12.4. The van der Waals surface area contributed by atoms with Crippen molar-refractivity contribution in [2.75, 3.05) is 0 Å². The molecule has 2 amide bonds. The second-order valence-electron chi connectivity index (χ2n) is 5.66. The molecule has 1 aliphatic rings. The number of non-ortho nitro benzene ring substituents is 1. The van der Waals surface area contributed by atoms with Gasteiger partial charge in [0, 0.05) is 12.1 Å². The first-order valence-corrected chi connectivity index (χ1v) is 9.65. The lowest BCUT2D eigenvalue weighted by atomic mass is 10.1. The monoisotopic (exact) mass is 433 g/mol. The van der Waals surface area contributed by atoms with Crippen LogP contribution in [0.25, 0.3) is 6.08 Å². The van der Waals surface area contributed by atoms with Crippen molar-refractivity contribution in [1.29, 1.82) is 0 Å². The van der Waals surface area contributed by atoms with Crippen molar-refractivity contribution in [3.05, 3.63) is 69.8 Å². The van der Waals surface area contributed by atoms with Crippen LogP contribution in [0.3, 0.4) is 0 Å². The molecular formula is C17H11N3O7S2. The SMILES string of the molecule is O=C1NC(=S)NC(=O)C1=Cc1cccc(OS(=O)(=O)c2ccc([N+](=O)[O-])cc2)c1. The predicted octanol–water partition coefficient (Wildman–Crippen LogP) is 1.28. The average Bonchev–Trinajstić information content (AvgIpc) is 2.64. The molecule has 0 saturated carbocycles. The summed E-state index contributed by atoms with van der Waals surface area (Å²) in [5, 5.41) is 15.1. The quantitative estimate of drug-likeness (QED) is 0.179. The summed E-state index contributed by atoms with van der Waals surface area (Å²) in [6.07, 6.45) is 1.25. The molecule has 12 heteroatoms. The molecule has 0 bridgehead atoms. The molecule has 0 unspecified atom stereocenters. The first kappa shape index (κ1) is 20.1. The molecule has 0 radical (unpaired) electrons. The molecule has 0 atom stereocenters. The number of nitro benzene ring substituents is 1. The number of thiocarbonyl (C=S) groups is 1. The molecule has 1 heterocycles. The first-order valence-electron chi connectivity index (χ1n) is 7.83. The number of amides is 2. The Hall–Kier alpha value is -3.64. The van der Waals surface area contributed by atoms with Crippen LogP contribution in [0.2, 0.25) is 0 Å². The highest BCUT2D eigenvalue weighted by molar-refractivity contribution is 7.87. The van der Waals surface area contributed by atoms with E-state index < -0.39 is 26.9 Å². The van der Waals surface area contributed by atoms with E-state index in [4.69, 9.17) is 16.4 Å². The van der Waals surface area contributed by atoms with Gasteiger partial charge in [-0.1, -0.05) is 12.1 Å². The van der Waals surface area contributed by atoms with Gasteiger partial charge in [-0.3, -0.25) is 30.3 Å². The van der Waals surface area contributed by atoms with Crippen molar-refractivity contribution in [1.82, 2.24) is 10.6 Å². The van der Waals surface area contributed by atoms with Crippen LogP contribution in [0.1, 0.15) is 5.56 Å². The highest BCUT2D eigenvalue weighted by atomic mass is 32.2. The number of carbonyl (C=O) groups excluding carboxylic acids is 2. The van der Waals surface area contributed by atoms with Crippen LogP contribution in [0, 0.1) is 10.1 Å². The van der Waals surface area contributed by atoms with Crippen LogP contribution in [0.15, 0.2) is 59.0 Å². The lowest BCUT2D eigenvalue weighted by Crippen LogP contribution is -2.51. The number of nitro groups is 1. The molecule has 2 aromatic carbocycles. The molecule has 3 rings (SSSR count). The molecule has 2 aromatic rings. The molecule has 0 aliphatic carbocycles. The number of nitrogens with one attached hydrogen (secondary N) is 2. The Kier molecular flexibility index (Phi) is 5.39. The van der Waals surface area contributed by atoms with Gasteiger partial charge in [-0.25, -0.2) is 0 Å². The van der Waals surface area contributed by atoms with Crippen molar-refractivity contribution in [2.45, 2.75) is 4.90 Å². The van der Waals surface area contributed by atoms with Crippen LogP contribution < -0.4 is 14.8 Å². The summed E-state index contributed by atoms with van der Waals surface area (Å²) < 4.78 is 29.8. The largest absolute Gasteiger partial charge is 0.379 e. The number of hydrogen-bond donors (Lipinski definition) is 2. The van der Waals surface area contributed by atoms with Crippen LogP contribution in [-0.4, -0.2) is 30.3 Å². The van der Waals surface area contributed by atoms with Gasteiger partial charge >= 0.3 is 10.1 Å². The minimum absolute atomic E-state index is 0.0788. The second-order valence-corrected chi connectivity index (χ2v) is 7.61. The molecule has 0 aromatic heterocycles. The Morgan fingerprint density at radius 1 is 1.03 bits per heavy atom. The van der Waals surface area contributed by atoms with Gasteiger partial charge in [-0.2, -0.15) is 8.42 Å². The summed E-state index contributed by atoms with van der Waals surface area (Å²) in [6.45, 7) is 0. The Morgan fingerprint density at radius 2 is 1.66 bits per heavy atom. The van der Waals surface area contributed by atoms with Gasteiger partial charge in [0.1, 0.15) is 16.2 Å². The highest BCUT2D eigenvalue weighted by Crippen LogP contribution is 2.23. The molecule has 1 fully saturated rings. The summed E-state index contributed by atoms with van der Waals surface area (Å²) in [6, 6.07) is 9.87. The Morgan fingerprint density at radius 3 is 2.24 bits per heavy atom. The third-order valence-electron chi connectivity index (χ3n) is 3.65. The maximum Gasteiger partial charge on any atom is 0.339 e. The van der Waals surface area contributed by atoms with Gasteiger partial charge in [-0.05, 0) is 48.1 Å². The van der Waals surface area contributed by atoms with Gasteiger partial charge in [0.2, 0.25) is 0 Å². The van der Waals surface area contributed by atoms with E-state index in [1.165, 1.54) is 30.3 Å². The van der Waals surface area contributed by atoms with Crippen molar-refractivity contribution >= 4 is 51.0 Å². The number of nitrogens with zero attached hydrogens (tertiary/aromatic N) is 1. The summed E-state index contributed by atoms with van der Waals surface area (Å²) in [5.41, 5.74) is -0.149. The topological polar surface area (TPSA) is 145 Å². The van der Waals surface area contributed by atoms with E-state index in [0.717, 1.165) is 24.3 Å². The fourth-order valence-corrected chi connectivity index (χ4v) is 3.45. The zero-order chi connectivity index (χ0) is 21.2. The number of carbonyl (C=O) groups is 2. The number of rotatable bonds is 5. The lowest BCUT2D eigenvalue weighted by molar-refractivity contribution is -0.384. The fourth-order valence-electron chi connectivity index (χ4n) is 2.34. The van der Waals surface area contributed by atoms with Crippen LogP contribution >= 0.6 is 12.2 Å². The Bertz CT molecular complexity index is 1150. The van der Waals surface area contributed by atoms with Crippen molar-refractivity contribution < 1.29 is 27.1 Å². The minimum atomic E-state index is -4.25. The molecule has 29 heavy (non-hydrogen) atoms. The molecule has 0 spiro atoms. The van der Waals surface area contributed by atoms with Gasteiger partial charge in [-0.15, -0.1) is 0 Å². The van der Waals surface area contributed by atoms with Gasteiger partial charge in [0.05, 0.1) is 4.92 Å². The van der Waals surface area contributed by atoms with Gasteiger partial charge < -0.3 is 4.18 Å². The second kappa shape index (κ2) is 7.77. The molecule has 2 N–H and O–H groups in total. The van der Waals surface area contributed by atoms with Gasteiger partial charge in [0.15, 0.2) is 5.11 Å². The van der Waals surface area contributed by atoms with E-state index in [2.05, 4.69) is 10.6 Å². The minimum Gasteiger partial charge on any atom is -0.379 e. The van der Waals surface area contributed by atoms with Crippen LogP contribution in [-0.2, 0) is 19.7 Å². The number of benzene rings is 2. The van der Waals surface area contributed by atoms with Crippen molar-refractivity contribution in [3.63, 3.8) is 0 Å². The zero-order valence-corrected chi connectivity index (χ0v) is 16.0. The zero-order valence-electron chi connectivity index (χ0n) is 14.3. The average molecular weight is 433 g/mol. The van der Waals surface area contributed by atoms with Crippen molar-refractivity contribution in [3.8, 4) is 5.75 Å². The van der Waals surface area contributed by atoms with E-state index in [-0.39, 0.29) is 27.0 Å². The van der Waals surface area contributed by atoms with Crippen molar-refractivity contribution in [2.24, 2.45) is 0 Å². The molecule has 10 nitrogen and oxygen atoms in total. The lowest BCUT2D eigenvalue weighted by Gasteiger charge is -2.16. The normalized spacial score (nSPS) is 14.1. The summed E-state index contributed by atoms with van der Waals surface area (Å²) in [7, 11) is -4.25. The van der Waals surface area contributed by atoms with E-state index in [0.29, 0.717) is 5.56 Å². The molecule has 148 valence electrons. The summed E-state index contributed by atoms with van der Waals surface area (Å²) >= 11 is 4.71. The molecular weight excluding hydrogens is 422 g/mol. The molecule has 1 saturated heterocycles. The van der Waals surface area contributed by atoms with E-state index in [1.807, 2.05) is 0 Å². The Balaban J connectivity index is 1.85. The Labute approximate surface area is 169 Å². The fraction of sp³-hybridized carbons (Fsp3) is 0. The van der Waals surface area contributed by atoms with Gasteiger partial charge in [0.25, 0.3) is 17.5 Å². The highest BCUT2D eigenvalue weighted by Gasteiger charge is 2.25. The van der Waals surface area contributed by atoms with E-state index >= 15 is 0 Å².